The zero-order chi connectivity index (χ0) is 17.7. The van der Waals surface area contributed by atoms with Crippen molar-refractivity contribution in [1.82, 2.24) is 4.90 Å². The SMILES string of the molecule is COc1ccc(N(O)C(=O)[C@@H](CO)[C@H](C)N2CCC(=O)CC2)cc1. The van der Waals surface area contributed by atoms with Crippen LogP contribution in [0.3, 0.4) is 0 Å². The Labute approximate surface area is 141 Å². The monoisotopic (exact) mass is 336 g/mol. The molecule has 0 aliphatic carbocycles. The summed E-state index contributed by atoms with van der Waals surface area (Å²) in [7, 11) is 1.53. The second-order valence-electron chi connectivity index (χ2n) is 5.95. The van der Waals surface area contributed by atoms with E-state index in [9.17, 15) is 19.9 Å². The highest BCUT2D eigenvalue weighted by atomic mass is 16.5. The van der Waals surface area contributed by atoms with Crippen LogP contribution in [0.4, 0.5) is 5.69 Å². The van der Waals surface area contributed by atoms with Gasteiger partial charge in [-0.1, -0.05) is 0 Å². The Balaban J connectivity index is 2.07. The molecule has 0 bridgehead atoms. The molecule has 1 amide bonds. The van der Waals surface area contributed by atoms with E-state index in [1.807, 2.05) is 11.8 Å². The van der Waals surface area contributed by atoms with Gasteiger partial charge in [0, 0.05) is 32.0 Å². The third kappa shape index (κ3) is 4.11. The lowest BCUT2D eigenvalue weighted by Gasteiger charge is -2.36. The van der Waals surface area contributed by atoms with Gasteiger partial charge < -0.3 is 9.84 Å². The molecule has 0 radical (unpaired) electrons. The fourth-order valence-electron chi connectivity index (χ4n) is 2.88. The number of amides is 1. The number of ether oxygens (including phenoxy) is 1. The van der Waals surface area contributed by atoms with Gasteiger partial charge in [-0.05, 0) is 31.2 Å². The van der Waals surface area contributed by atoms with E-state index in [2.05, 4.69) is 0 Å². The van der Waals surface area contributed by atoms with Crippen LogP contribution in [0, 0.1) is 5.92 Å². The molecule has 2 rings (SSSR count). The lowest BCUT2D eigenvalue weighted by molar-refractivity contribution is -0.131. The van der Waals surface area contributed by atoms with Crippen molar-refractivity contribution in [2.45, 2.75) is 25.8 Å². The predicted molar refractivity (Wildman–Crippen MR) is 88.1 cm³/mol. The second kappa shape index (κ2) is 8.23. The van der Waals surface area contributed by atoms with Crippen LogP contribution in [-0.2, 0) is 9.59 Å². The summed E-state index contributed by atoms with van der Waals surface area (Å²) in [5.41, 5.74) is 0.306. The highest BCUT2D eigenvalue weighted by Gasteiger charge is 2.33. The van der Waals surface area contributed by atoms with Crippen LogP contribution in [0.5, 0.6) is 5.75 Å². The first-order valence-corrected chi connectivity index (χ1v) is 8.01. The van der Waals surface area contributed by atoms with Crippen LogP contribution in [0.15, 0.2) is 24.3 Å². The molecule has 2 atom stereocenters. The Kier molecular flexibility index (Phi) is 6.30. The fourth-order valence-corrected chi connectivity index (χ4v) is 2.88. The fraction of sp³-hybridized carbons (Fsp3) is 0.529. The standard InChI is InChI=1S/C17H24N2O5/c1-12(18-9-7-14(21)8-10-18)16(11-20)17(22)19(23)13-3-5-15(24-2)6-4-13/h3-6,12,16,20,23H,7-11H2,1-2H3/t12-,16-/m0/s1. The molecule has 1 fully saturated rings. The number of nitrogens with zero attached hydrogens (tertiary/aromatic N) is 2. The molecular formula is C17H24N2O5. The third-order valence-corrected chi connectivity index (χ3v) is 4.55. The summed E-state index contributed by atoms with van der Waals surface area (Å²) in [6.07, 6.45) is 0.913. The van der Waals surface area contributed by atoms with Crippen LogP contribution in [0.25, 0.3) is 0 Å². The van der Waals surface area contributed by atoms with Gasteiger partial charge in [0.15, 0.2) is 0 Å². The van der Waals surface area contributed by atoms with Gasteiger partial charge in [-0.25, -0.2) is 0 Å². The van der Waals surface area contributed by atoms with Crippen molar-refractivity contribution in [3.63, 3.8) is 0 Å². The number of Topliss-reactive ketones (excluding diaryl/α,β-unsaturated/α-hetero) is 1. The summed E-state index contributed by atoms with van der Waals surface area (Å²) < 4.78 is 5.04. The van der Waals surface area contributed by atoms with E-state index in [0.717, 1.165) is 0 Å². The van der Waals surface area contributed by atoms with Crippen molar-refractivity contribution in [1.29, 1.82) is 0 Å². The number of aliphatic hydroxyl groups is 1. The highest BCUT2D eigenvalue weighted by molar-refractivity contribution is 5.93. The van der Waals surface area contributed by atoms with E-state index in [4.69, 9.17) is 4.74 Å². The van der Waals surface area contributed by atoms with Crippen molar-refractivity contribution >= 4 is 17.4 Å². The molecule has 1 aromatic carbocycles. The van der Waals surface area contributed by atoms with Gasteiger partial charge in [0.1, 0.15) is 11.5 Å². The summed E-state index contributed by atoms with van der Waals surface area (Å²) in [6.45, 7) is 2.59. The first-order valence-electron chi connectivity index (χ1n) is 8.01. The number of anilines is 1. The molecule has 1 heterocycles. The van der Waals surface area contributed by atoms with E-state index < -0.39 is 11.8 Å². The molecule has 0 spiro atoms. The maximum absolute atomic E-state index is 12.6. The van der Waals surface area contributed by atoms with Crippen LogP contribution in [-0.4, -0.2) is 59.8 Å². The van der Waals surface area contributed by atoms with Gasteiger partial charge in [0.2, 0.25) is 0 Å². The molecule has 0 unspecified atom stereocenters. The largest absolute Gasteiger partial charge is 0.497 e. The number of aliphatic hydroxyl groups excluding tert-OH is 1. The number of likely N-dealkylation sites (tertiary alicyclic amines) is 1. The Morgan fingerprint density at radius 3 is 2.38 bits per heavy atom. The van der Waals surface area contributed by atoms with E-state index in [0.29, 0.717) is 42.4 Å². The molecule has 1 aliphatic rings. The maximum Gasteiger partial charge on any atom is 0.257 e. The van der Waals surface area contributed by atoms with Crippen molar-refractivity contribution in [2.24, 2.45) is 5.92 Å². The Hall–Kier alpha value is -1.96. The summed E-state index contributed by atoms with van der Waals surface area (Å²) in [4.78, 5) is 25.9. The van der Waals surface area contributed by atoms with E-state index in [1.54, 1.807) is 24.3 Å². The molecule has 1 aliphatic heterocycles. The molecule has 7 heteroatoms. The predicted octanol–water partition coefficient (Wildman–Crippen LogP) is 1.08. The van der Waals surface area contributed by atoms with Crippen molar-refractivity contribution in [3.05, 3.63) is 24.3 Å². The van der Waals surface area contributed by atoms with Crippen LogP contribution in [0.1, 0.15) is 19.8 Å². The summed E-state index contributed by atoms with van der Waals surface area (Å²) in [5.74, 6) is -0.519. The minimum absolute atomic E-state index is 0.215. The normalized spacial score (nSPS) is 18.1. The smallest absolute Gasteiger partial charge is 0.257 e. The number of hydrogen-bond donors (Lipinski definition) is 2. The summed E-state index contributed by atoms with van der Waals surface area (Å²) >= 11 is 0. The molecule has 1 aromatic rings. The molecular weight excluding hydrogens is 312 g/mol. The molecule has 24 heavy (non-hydrogen) atoms. The summed E-state index contributed by atoms with van der Waals surface area (Å²) in [6, 6.07) is 6.13. The summed E-state index contributed by atoms with van der Waals surface area (Å²) in [5, 5.41) is 20.4. The maximum atomic E-state index is 12.6. The van der Waals surface area contributed by atoms with Gasteiger partial charge in [-0.2, -0.15) is 5.06 Å². The van der Waals surface area contributed by atoms with Crippen molar-refractivity contribution in [2.75, 3.05) is 31.9 Å². The number of benzene rings is 1. The number of piperidine rings is 1. The molecule has 1 saturated heterocycles. The number of methoxy groups -OCH3 is 1. The quantitative estimate of drug-likeness (QED) is 0.597. The molecule has 7 nitrogen and oxygen atoms in total. The molecule has 2 N–H and O–H groups in total. The lowest BCUT2D eigenvalue weighted by atomic mass is 9.96. The van der Waals surface area contributed by atoms with Gasteiger partial charge in [0.25, 0.3) is 5.91 Å². The lowest BCUT2D eigenvalue weighted by Crippen LogP contribution is -2.50. The van der Waals surface area contributed by atoms with E-state index >= 15 is 0 Å². The number of hydroxylamine groups is 1. The molecule has 0 aromatic heterocycles. The average molecular weight is 336 g/mol. The number of hydrogen-bond acceptors (Lipinski definition) is 6. The molecule has 0 saturated carbocycles. The van der Waals surface area contributed by atoms with Crippen LogP contribution in [0.2, 0.25) is 0 Å². The first kappa shape index (κ1) is 18.4. The second-order valence-corrected chi connectivity index (χ2v) is 5.95. The Morgan fingerprint density at radius 2 is 1.88 bits per heavy atom. The van der Waals surface area contributed by atoms with E-state index in [-0.39, 0.29) is 18.4 Å². The van der Waals surface area contributed by atoms with E-state index in [1.165, 1.54) is 7.11 Å². The minimum atomic E-state index is -0.773. The van der Waals surface area contributed by atoms with Gasteiger partial charge in [0.05, 0.1) is 25.3 Å². The zero-order valence-corrected chi connectivity index (χ0v) is 14.0. The molecule has 132 valence electrons. The highest BCUT2D eigenvalue weighted by Crippen LogP contribution is 2.22. The van der Waals surface area contributed by atoms with Gasteiger partial charge in [-0.15, -0.1) is 0 Å². The van der Waals surface area contributed by atoms with Crippen LogP contribution < -0.4 is 9.80 Å². The van der Waals surface area contributed by atoms with Crippen LogP contribution >= 0.6 is 0 Å². The Bertz CT molecular complexity index is 565. The average Bonchev–Trinajstić information content (AvgIpc) is 2.62. The first-order chi connectivity index (χ1) is 11.5. The number of rotatable bonds is 6. The topological polar surface area (TPSA) is 90.3 Å². The van der Waals surface area contributed by atoms with Crippen molar-refractivity contribution in [3.8, 4) is 5.75 Å². The number of carbonyl (C=O) groups excluding carboxylic acids is 2. The number of ketones is 1. The van der Waals surface area contributed by atoms with Gasteiger partial charge >= 0.3 is 0 Å². The van der Waals surface area contributed by atoms with Gasteiger partial charge in [-0.3, -0.25) is 19.7 Å². The third-order valence-electron chi connectivity index (χ3n) is 4.55. The minimum Gasteiger partial charge on any atom is -0.497 e. The van der Waals surface area contributed by atoms with Crippen molar-refractivity contribution < 1.29 is 24.6 Å². The number of carbonyl (C=O) groups is 2. The Morgan fingerprint density at radius 1 is 1.29 bits per heavy atom. The zero-order valence-electron chi connectivity index (χ0n) is 14.0.